The fourth-order valence-corrected chi connectivity index (χ4v) is 4.11. The van der Waals surface area contributed by atoms with E-state index in [-0.39, 0.29) is 5.91 Å². The summed E-state index contributed by atoms with van der Waals surface area (Å²) in [6.45, 7) is 4.07. The van der Waals surface area contributed by atoms with E-state index in [9.17, 15) is 4.79 Å². The number of nitrogens with zero attached hydrogens (tertiary/aromatic N) is 3. The number of amidine groups is 1. The van der Waals surface area contributed by atoms with Crippen LogP contribution in [-0.4, -0.2) is 41.0 Å². The summed E-state index contributed by atoms with van der Waals surface area (Å²) < 4.78 is 0. The maximum atomic E-state index is 12.7. The van der Waals surface area contributed by atoms with E-state index < -0.39 is 0 Å². The third-order valence-corrected chi connectivity index (χ3v) is 5.49. The number of carbonyl (C=O) groups excluding carboxylic acids is 1. The van der Waals surface area contributed by atoms with Crippen molar-refractivity contribution < 1.29 is 4.79 Å². The van der Waals surface area contributed by atoms with Gasteiger partial charge < -0.3 is 9.80 Å². The third kappa shape index (κ3) is 2.85. The average molecular weight is 356 g/mol. The smallest absolute Gasteiger partial charge is 0.262 e. The highest BCUT2D eigenvalue weighted by molar-refractivity contribution is 8.18. The normalized spacial score (nSPS) is 16.9. The fraction of sp³-hybridized carbons (Fsp3) is 0.333. The molecule has 2 heterocycles. The van der Waals surface area contributed by atoms with Gasteiger partial charge in [0.2, 0.25) is 0 Å². The van der Waals surface area contributed by atoms with Gasteiger partial charge in [-0.05, 0) is 36.4 Å². The molecule has 0 spiro atoms. The van der Waals surface area contributed by atoms with E-state index in [1.807, 2.05) is 13.0 Å². The Morgan fingerprint density at radius 1 is 1.45 bits per heavy atom. The predicted molar refractivity (Wildman–Crippen MR) is 92.2 cm³/mol. The Morgan fingerprint density at radius 3 is 2.91 bits per heavy atom. The number of amides is 1. The molecule has 116 valence electrons. The monoisotopic (exact) mass is 355 g/mol. The topological polar surface area (TPSA) is 35.9 Å². The Hall–Kier alpha value is -1.17. The molecular formula is C15H15Cl2N3OS. The molecule has 0 N–H and O–H groups in total. The van der Waals surface area contributed by atoms with Gasteiger partial charge in [-0.2, -0.15) is 0 Å². The van der Waals surface area contributed by atoms with E-state index in [2.05, 4.69) is 9.89 Å². The van der Waals surface area contributed by atoms with Crippen LogP contribution < -0.4 is 0 Å². The van der Waals surface area contributed by atoms with Crippen LogP contribution >= 0.6 is 35.0 Å². The average Bonchev–Trinajstić information content (AvgIpc) is 3.04. The van der Waals surface area contributed by atoms with Crippen molar-refractivity contribution in [3.05, 3.63) is 44.4 Å². The van der Waals surface area contributed by atoms with Crippen molar-refractivity contribution in [2.45, 2.75) is 13.5 Å². The number of rotatable bonds is 3. The van der Waals surface area contributed by atoms with Crippen molar-refractivity contribution >= 4 is 46.0 Å². The van der Waals surface area contributed by atoms with Crippen LogP contribution in [0.4, 0.5) is 0 Å². The van der Waals surface area contributed by atoms with Crippen LogP contribution in [0, 0.1) is 0 Å². The lowest BCUT2D eigenvalue weighted by Crippen LogP contribution is -2.27. The number of halogens is 2. The largest absolute Gasteiger partial charge is 0.337 e. The molecule has 0 aromatic heterocycles. The molecule has 4 nitrogen and oxygen atoms in total. The van der Waals surface area contributed by atoms with Crippen LogP contribution in [0.2, 0.25) is 10.0 Å². The van der Waals surface area contributed by atoms with Crippen LogP contribution in [0.1, 0.15) is 12.5 Å². The van der Waals surface area contributed by atoms with E-state index >= 15 is 0 Å². The van der Waals surface area contributed by atoms with Crippen molar-refractivity contribution in [2.24, 2.45) is 4.99 Å². The summed E-state index contributed by atoms with van der Waals surface area (Å²) in [4.78, 5) is 21.6. The zero-order chi connectivity index (χ0) is 15.9. The summed E-state index contributed by atoms with van der Waals surface area (Å²) >= 11 is 13.5. The van der Waals surface area contributed by atoms with Gasteiger partial charge >= 0.3 is 0 Å². The first kappa shape index (κ1) is 15.7. The van der Waals surface area contributed by atoms with E-state index in [4.69, 9.17) is 23.2 Å². The highest BCUT2D eigenvalue weighted by atomic mass is 35.5. The molecule has 0 unspecified atom stereocenters. The SMILES string of the molecule is CC1=C(C(=O)N(C)Cc2ccc(Cl)cc2Cl)SC2=NCCN21. The maximum absolute atomic E-state index is 12.7. The zero-order valence-corrected chi connectivity index (χ0v) is 14.6. The molecule has 0 saturated carbocycles. The number of allylic oxidation sites excluding steroid dienone is 1. The molecular weight excluding hydrogens is 341 g/mol. The molecule has 1 amide bonds. The predicted octanol–water partition coefficient (Wildman–Crippen LogP) is 3.60. The van der Waals surface area contributed by atoms with Crippen LogP contribution in [0.3, 0.4) is 0 Å². The fourth-order valence-electron chi connectivity index (χ4n) is 2.46. The van der Waals surface area contributed by atoms with Crippen molar-refractivity contribution in [1.82, 2.24) is 9.80 Å². The summed E-state index contributed by atoms with van der Waals surface area (Å²) in [7, 11) is 1.78. The molecule has 2 aliphatic heterocycles. The molecule has 0 aliphatic carbocycles. The molecule has 0 atom stereocenters. The first-order chi connectivity index (χ1) is 10.5. The van der Waals surface area contributed by atoms with Gasteiger partial charge in [0.1, 0.15) is 0 Å². The Morgan fingerprint density at radius 2 is 2.23 bits per heavy atom. The number of hydrogen-bond acceptors (Lipinski definition) is 4. The van der Waals surface area contributed by atoms with Crippen LogP contribution in [-0.2, 0) is 11.3 Å². The van der Waals surface area contributed by atoms with E-state index in [1.54, 1.807) is 24.1 Å². The van der Waals surface area contributed by atoms with Gasteiger partial charge in [0, 0.05) is 35.9 Å². The molecule has 0 radical (unpaired) electrons. The van der Waals surface area contributed by atoms with Gasteiger partial charge in [0.25, 0.3) is 5.91 Å². The van der Waals surface area contributed by atoms with Crippen molar-refractivity contribution in [3.8, 4) is 0 Å². The molecule has 2 aliphatic rings. The zero-order valence-electron chi connectivity index (χ0n) is 12.3. The van der Waals surface area contributed by atoms with Crippen LogP contribution in [0.5, 0.6) is 0 Å². The van der Waals surface area contributed by atoms with Gasteiger partial charge in [0.15, 0.2) is 5.17 Å². The number of carbonyl (C=O) groups is 1. The second kappa shape index (κ2) is 6.14. The van der Waals surface area contributed by atoms with Gasteiger partial charge in [-0.1, -0.05) is 29.3 Å². The maximum Gasteiger partial charge on any atom is 0.262 e. The quantitative estimate of drug-likeness (QED) is 0.830. The number of thioether (sulfide) groups is 1. The Balaban J connectivity index is 1.75. The molecule has 0 bridgehead atoms. The summed E-state index contributed by atoms with van der Waals surface area (Å²) in [6.07, 6.45) is 0. The minimum Gasteiger partial charge on any atom is -0.337 e. The number of hydrogen-bond donors (Lipinski definition) is 0. The van der Waals surface area contributed by atoms with Gasteiger partial charge in [-0.3, -0.25) is 9.79 Å². The molecule has 7 heteroatoms. The first-order valence-corrected chi connectivity index (χ1v) is 8.44. The second-order valence-electron chi connectivity index (χ2n) is 5.23. The van der Waals surface area contributed by atoms with Crippen LogP contribution in [0.15, 0.2) is 33.8 Å². The summed E-state index contributed by atoms with van der Waals surface area (Å²) in [6, 6.07) is 5.32. The number of benzene rings is 1. The number of fused-ring (bicyclic) bond motifs is 1. The Labute approximate surface area is 143 Å². The standard InChI is InChI=1S/C15H15Cl2N3OS/c1-9-13(22-15-18-5-6-20(9)15)14(21)19(2)8-10-3-4-11(16)7-12(10)17/h3-4,7H,5-6,8H2,1-2H3. The molecule has 0 saturated heterocycles. The third-order valence-electron chi connectivity index (χ3n) is 3.69. The van der Waals surface area contributed by atoms with Crippen LogP contribution in [0.25, 0.3) is 0 Å². The van der Waals surface area contributed by atoms with E-state index in [0.717, 1.165) is 34.4 Å². The van der Waals surface area contributed by atoms with Gasteiger partial charge in [-0.15, -0.1) is 0 Å². The lowest BCUT2D eigenvalue weighted by molar-refractivity contribution is -0.125. The molecule has 22 heavy (non-hydrogen) atoms. The molecule has 0 fully saturated rings. The second-order valence-corrected chi connectivity index (χ2v) is 7.05. The van der Waals surface area contributed by atoms with Crippen molar-refractivity contribution in [1.29, 1.82) is 0 Å². The minimum atomic E-state index is -0.00869. The highest BCUT2D eigenvalue weighted by Gasteiger charge is 2.34. The lowest BCUT2D eigenvalue weighted by Gasteiger charge is -2.19. The molecule has 3 rings (SSSR count). The number of likely N-dealkylation sites (N-methyl/N-ethyl adjacent to an activating group) is 1. The molecule has 1 aromatic rings. The Bertz CT molecular complexity index is 702. The van der Waals surface area contributed by atoms with Gasteiger partial charge in [-0.25, -0.2) is 0 Å². The lowest BCUT2D eigenvalue weighted by atomic mass is 10.2. The number of aliphatic imine (C=N–C) groups is 1. The first-order valence-electron chi connectivity index (χ1n) is 6.87. The highest BCUT2D eigenvalue weighted by Crippen LogP contribution is 2.37. The summed E-state index contributed by atoms with van der Waals surface area (Å²) in [5.74, 6) is -0.00869. The van der Waals surface area contributed by atoms with Crippen molar-refractivity contribution in [3.63, 3.8) is 0 Å². The minimum absolute atomic E-state index is 0.00869. The summed E-state index contributed by atoms with van der Waals surface area (Å²) in [5, 5.41) is 2.09. The van der Waals surface area contributed by atoms with Crippen molar-refractivity contribution in [2.75, 3.05) is 20.1 Å². The van der Waals surface area contributed by atoms with E-state index in [0.29, 0.717) is 16.6 Å². The van der Waals surface area contributed by atoms with E-state index in [1.165, 1.54) is 11.8 Å². The van der Waals surface area contributed by atoms with Gasteiger partial charge in [0.05, 0.1) is 11.4 Å². The Kier molecular flexibility index (Phi) is 4.39. The molecule has 1 aromatic carbocycles. The summed E-state index contributed by atoms with van der Waals surface area (Å²) in [5.41, 5.74) is 1.86.